The largest absolute Gasteiger partial charge is 0.355 e. The molecule has 0 aromatic rings. The predicted octanol–water partition coefficient (Wildman–Crippen LogP) is -0.0682. The van der Waals surface area contributed by atoms with Crippen molar-refractivity contribution >= 4 is 17.8 Å². The average Bonchev–Trinajstić information content (AvgIpc) is 2.60. The predicted molar refractivity (Wildman–Crippen MR) is 94.8 cm³/mol. The molecule has 1 saturated carbocycles. The third-order valence-electron chi connectivity index (χ3n) is 4.88. The molecule has 25 heavy (non-hydrogen) atoms. The summed E-state index contributed by atoms with van der Waals surface area (Å²) in [5, 5.41) is 8.08. The van der Waals surface area contributed by atoms with E-state index in [1.54, 1.807) is 0 Å². The molecule has 0 spiro atoms. The lowest BCUT2D eigenvalue weighted by atomic mass is 9.96. The number of imide groups is 1. The maximum atomic E-state index is 12.1. The topological polar surface area (TPSA) is 117 Å². The van der Waals surface area contributed by atoms with Gasteiger partial charge in [0.1, 0.15) is 0 Å². The van der Waals surface area contributed by atoms with Crippen LogP contribution in [0.4, 0.5) is 4.79 Å². The van der Waals surface area contributed by atoms with Gasteiger partial charge in [0.25, 0.3) is 0 Å². The van der Waals surface area contributed by atoms with E-state index in [2.05, 4.69) is 16.0 Å². The van der Waals surface area contributed by atoms with Crippen molar-refractivity contribution in [3.05, 3.63) is 0 Å². The van der Waals surface area contributed by atoms with E-state index in [9.17, 15) is 14.4 Å². The van der Waals surface area contributed by atoms with Crippen LogP contribution in [0.2, 0.25) is 0 Å². The first kappa shape index (κ1) is 19.7. The van der Waals surface area contributed by atoms with E-state index in [-0.39, 0.29) is 30.3 Å². The number of carbonyl (C=O) groups is 3. The number of nitrogens with zero attached hydrogens (tertiary/aromatic N) is 1. The SMILES string of the molecule is NCCNC(=O)C1CCCN(CC(=O)NC(=O)NC2CCCCC2)C1. The molecule has 8 heteroatoms. The second kappa shape index (κ2) is 10.4. The van der Waals surface area contributed by atoms with Crippen LogP contribution in [-0.2, 0) is 9.59 Å². The van der Waals surface area contributed by atoms with Crippen LogP contribution >= 0.6 is 0 Å². The molecule has 0 aromatic carbocycles. The lowest BCUT2D eigenvalue weighted by Gasteiger charge is -2.31. The first-order valence-corrected chi connectivity index (χ1v) is 9.39. The summed E-state index contributed by atoms with van der Waals surface area (Å²) in [4.78, 5) is 38.0. The monoisotopic (exact) mass is 353 g/mol. The summed E-state index contributed by atoms with van der Waals surface area (Å²) in [6, 6.07) is -0.238. The Hall–Kier alpha value is -1.67. The minimum Gasteiger partial charge on any atom is -0.355 e. The molecule has 2 fully saturated rings. The zero-order chi connectivity index (χ0) is 18.1. The van der Waals surface area contributed by atoms with Crippen molar-refractivity contribution in [3.8, 4) is 0 Å². The number of urea groups is 1. The van der Waals surface area contributed by atoms with Gasteiger partial charge in [0, 0.05) is 25.7 Å². The number of rotatable bonds is 6. The van der Waals surface area contributed by atoms with Crippen molar-refractivity contribution in [2.24, 2.45) is 11.7 Å². The fourth-order valence-electron chi connectivity index (χ4n) is 3.59. The van der Waals surface area contributed by atoms with Gasteiger partial charge in [-0.1, -0.05) is 19.3 Å². The van der Waals surface area contributed by atoms with E-state index >= 15 is 0 Å². The Bertz CT molecular complexity index is 465. The van der Waals surface area contributed by atoms with Gasteiger partial charge in [-0.15, -0.1) is 0 Å². The molecular formula is C17H31N5O3. The van der Waals surface area contributed by atoms with E-state index < -0.39 is 6.03 Å². The van der Waals surface area contributed by atoms with Crippen LogP contribution in [0.1, 0.15) is 44.9 Å². The van der Waals surface area contributed by atoms with Crippen molar-refractivity contribution in [2.75, 3.05) is 32.7 Å². The molecule has 0 radical (unpaired) electrons. The Morgan fingerprint density at radius 1 is 1.04 bits per heavy atom. The summed E-state index contributed by atoms with van der Waals surface area (Å²) in [7, 11) is 0. The van der Waals surface area contributed by atoms with Crippen LogP contribution < -0.4 is 21.7 Å². The van der Waals surface area contributed by atoms with E-state index in [4.69, 9.17) is 5.73 Å². The van der Waals surface area contributed by atoms with Gasteiger partial charge in [-0.05, 0) is 32.2 Å². The Kier molecular flexibility index (Phi) is 8.14. The number of carbonyl (C=O) groups excluding carboxylic acids is 3. The van der Waals surface area contributed by atoms with Crippen molar-refractivity contribution in [1.82, 2.24) is 20.9 Å². The molecule has 1 aliphatic carbocycles. The Labute approximate surface area is 149 Å². The van der Waals surface area contributed by atoms with Crippen molar-refractivity contribution < 1.29 is 14.4 Å². The van der Waals surface area contributed by atoms with Crippen LogP contribution in [0.15, 0.2) is 0 Å². The molecule has 0 aromatic heterocycles. The molecule has 1 aliphatic heterocycles. The first-order valence-electron chi connectivity index (χ1n) is 9.39. The van der Waals surface area contributed by atoms with Gasteiger partial charge in [0.2, 0.25) is 11.8 Å². The summed E-state index contributed by atoms with van der Waals surface area (Å²) in [5.74, 6) is -0.453. The number of nitrogens with two attached hydrogens (primary N) is 1. The number of amides is 4. The van der Waals surface area contributed by atoms with E-state index in [1.165, 1.54) is 6.42 Å². The van der Waals surface area contributed by atoms with Crippen molar-refractivity contribution in [3.63, 3.8) is 0 Å². The van der Waals surface area contributed by atoms with Crippen LogP contribution in [-0.4, -0.2) is 61.5 Å². The summed E-state index contributed by atoms with van der Waals surface area (Å²) in [6.45, 7) is 2.32. The molecule has 1 heterocycles. The highest BCUT2D eigenvalue weighted by Gasteiger charge is 2.27. The highest BCUT2D eigenvalue weighted by Crippen LogP contribution is 2.17. The highest BCUT2D eigenvalue weighted by atomic mass is 16.2. The van der Waals surface area contributed by atoms with E-state index in [0.717, 1.165) is 45.1 Å². The molecule has 2 rings (SSSR count). The van der Waals surface area contributed by atoms with Crippen molar-refractivity contribution in [1.29, 1.82) is 0 Å². The Morgan fingerprint density at radius 2 is 1.80 bits per heavy atom. The lowest BCUT2D eigenvalue weighted by molar-refractivity contribution is -0.128. The van der Waals surface area contributed by atoms with Gasteiger partial charge in [-0.2, -0.15) is 0 Å². The zero-order valence-corrected chi connectivity index (χ0v) is 14.9. The summed E-state index contributed by atoms with van der Waals surface area (Å²) >= 11 is 0. The molecule has 142 valence electrons. The van der Waals surface area contributed by atoms with Crippen molar-refractivity contribution in [2.45, 2.75) is 51.0 Å². The minimum absolute atomic E-state index is 0.00870. The van der Waals surface area contributed by atoms with Gasteiger partial charge in [0.15, 0.2) is 0 Å². The molecular weight excluding hydrogens is 322 g/mol. The molecule has 1 saturated heterocycles. The smallest absolute Gasteiger partial charge is 0.321 e. The van der Waals surface area contributed by atoms with Gasteiger partial charge < -0.3 is 16.4 Å². The molecule has 8 nitrogen and oxygen atoms in total. The fraction of sp³-hybridized carbons (Fsp3) is 0.824. The Balaban J connectivity index is 1.70. The van der Waals surface area contributed by atoms with E-state index in [0.29, 0.717) is 19.6 Å². The summed E-state index contributed by atoms with van der Waals surface area (Å²) in [5.41, 5.74) is 5.40. The zero-order valence-electron chi connectivity index (χ0n) is 14.9. The quantitative estimate of drug-likeness (QED) is 0.533. The standard InChI is InChI=1S/C17H31N5O3/c18-8-9-19-16(24)13-5-4-10-22(11-13)12-15(23)21-17(25)20-14-6-2-1-3-7-14/h13-14H,1-12,18H2,(H,19,24)(H2,20,21,23,25). The fourth-order valence-corrected chi connectivity index (χ4v) is 3.59. The summed E-state index contributed by atoms with van der Waals surface area (Å²) in [6.07, 6.45) is 7.11. The van der Waals surface area contributed by atoms with Gasteiger partial charge >= 0.3 is 6.03 Å². The molecule has 0 bridgehead atoms. The third-order valence-corrected chi connectivity index (χ3v) is 4.88. The number of hydrogen-bond acceptors (Lipinski definition) is 5. The molecule has 2 aliphatic rings. The van der Waals surface area contributed by atoms with Crippen LogP contribution in [0.5, 0.6) is 0 Å². The van der Waals surface area contributed by atoms with Crippen LogP contribution in [0, 0.1) is 5.92 Å². The molecule has 5 N–H and O–H groups in total. The first-order chi connectivity index (χ1) is 12.1. The molecule has 1 unspecified atom stereocenters. The maximum absolute atomic E-state index is 12.1. The van der Waals surface area contributed by atoms with Gasteiger partial charge in [-0.25, -0.2) is 4.79 Å². The number of hydrogen-bond donors (Lipinski definition) is 4. The van der Waals surface area contributed by atoms with Crippen LogP contribution in [0.25, 0.3) is 0 Å². The number of likely N-dealkylation sites (tertiary alicyclic amines) is 1. The van der Waals surface area contributed by atoms with E-state index in [1.807, 2.05) is 4.90 Å². The number of nitrogens with one attached hydrogen (secondary N) is 3. The summed E-state index contributed by atoms with van der Waals surface area (Å²) < 4.78 is 0. The second-order valence-electron chi connectivity index (χ2n) is 7.01. The van der Waals surface area contributed by atoms with Crippen LogP contribution in [0.3, 0.4) is 0 Å². The minimum atomic E-state index is -0.411. The second-order valence-corrected chi connectivity index (χ2v) is 7.01. The number of piperidine rings is 1. The van der Waals surface area contributed by atoms with Gasteiger partial charge in [-0.3, -0.25) is 19.8 Å². The highest BCUT2D eigenvalue weighted by molar-refractivity contribution is 5.95. The normalized spacial score (nSPS) is 22.2. The molecule has 4 amide bonds. The van der Waals surface area contributed by atoms with Gasteiger partial charge in [0.05, 0.1) is 12.5 Å². The average molecular weight is 353 g/mol. The maximum Gasteiger partial charge on any atom is 0.321 e. The Morgan fingerprint density at radius 3 is 2.52 bits per heavy atom. The molecule has 1 atom stereocenters. The third kappa shape index (κ3) is 6.99. The lowest BCUT2D eigenvalue weighted by Crippen LogP contribution is -2.50.